The maximum Gasteiger partial charge on any atom is 0.312 e. The number of thioether (sulfide) groups is 1. The molecule has 1 atom stereocenters. The van der Waals surface area contributed by atoms with Crippen molar-refractivity contribution in [2.24, 2.45) is 0 Å². The fourth-order valence-corrected chi connectivity index (χ4v) is 1.56. The molecule has 0 aliphatic rings. The number of aliphatic carboxylic acids is 1. The quantitative estimate of drug-likeness (QED) is 0.670. The summed E-state index contributed by atoms with van der Waals surface area (Å²) in [6, 6.07) is 0.0850. The van der Waals surface area contributed by atoms with Gasteiger partial charge in [-0.05, 0) is 13.2 Å². The van der Waals surface area contributed by atoms with Crippen molar-refractivity contribution in [3.8, 4) is 0 Å². The van der Waals surface area contributed by atoms with Crippen molar-refractivity contribution >= 4 is 23.6 Å². The van der Waals surface area contributed by atoms with Crippen molar-refractivity contribution in [2.45, 2.75) is 19.4 Å². The summed E-state index contributed by atoms with van der Waals surface area (Å²) in [6.07, 6.45) is 1.53. The lowest BCUT2D eigenvalue weighted by atomic mass is 10.3. The number of carbonyl (C=O) groups excluding carboxylic acids is 1. The minimum absolute atomic E-state index is 0.0850. The summed E-state index contributed by atoms with van der Waals surface area (Å²) >= 11 is 1.63. The highest BCUT2D eigenvalue weighted by atomic mass is 32.2. The van der Waals surface area contributed by atoms with Gasteiger partial charge >= 0.3 is 5.97 Å². The molecule has 0 saturated carbocycles. The first-order valence-corrected chi connectivity index (χ1v) is 5.34. The number of rotatable bonds is 5. The van der Waals surface area contributed by atoms with E-state index in [4.69, 9.17) is 5.11 Å². The smallest absolute Gasteiger partial charge is 0.312 e. The number of carboxylic acid groups (broad SMARTS) is 1. The van der Waals surface area contributed by atoms with Crippen LogP contribution in [-0.2, 0) is 9.59 Å². The van der Waals surface area contributed by atoms with Gasteiger partial charge in [0.2, 0.25) is 5.91 Å². The van der Waals surface area contributed by atoms with E-state index in [0.29, 0.717) is 0 Å². The zero-order valence-corrected chi connectivity index (χ0v) is 8.93. The molecule has 1 N–H and O–H groups in total. The fourth-order valence-electron chi connectivity index (χ4n) is 0.853. The first-order valence-electron chi connectivity index (χ1n) is 3.95. The molecular weight excluding hydrogens is 190 g/mol. The average molecular weight is 205 g/mol. The maximum absolute atomic E-state index is 11.2. The zero-order chi connectivity index (χ0) is 10.4. The van der Waals surface area contributed by atoms with E-state index in [-0.39, 0.29) is 11.9 Å². The van der Waals surface area contributed by atoms with Gasteiger partial charge in [-0.1, -0.05) is 0 Å². The van der Waals surface area contributed by atoms with Crippen LogP contribution >= 0.6 is 11.8 Å². The van der Waals surface area contributed by atoms with Crippen molar-refractivity contribution in [3.63, 3.8) is 0 Å². The van der Waals surface area contributed by atoms with Crippen molar-refractivity contribution in [1.29, 1.82) is 0 Å². The van der Waals surface area contributed by atoms with Gasteiger partial charge in [-0.2, -0.15) is 11.8 Å². The number of carbonyl (C=O) groups is 2. The lowest BCUT2D eigenvalue weighted by Gasteiger charge is -2.23. The number of carboxylic acids is 1. The van der Waals surface area contributed by atoms with E-state index < -0.39 is 12.4 Å². The number of nitrogens with zero attached hydrogens (tertiary/aromatic N) is 1. The molecular formula is C8H15NO3S. The first-order chi connectivity index (χ1) is 5.99. The Balaban J connectivity index is 4.01. The van der Waals surface area contributed by atoms with Gasteiger partial charge in [0.05, 0.1) is 0 Å². The Labute approximate surface area is 82.3 Å². The highest BCUT2D eigenvalue weighted by molar-refractivity contribution is 7.98. The Morgan fingerprint density at radius 1 is 1.54 bits per heavy atom. The highest BCUT2D eigenvalue weighted by Crippen LogP contribution is 2.05. The molecule has 13 heavy (non-hydrogen) atoms. The van der Waals surface area contributed by atoms with Crippen LogP contribution in [0.3, 0.4) is 0 Å². The second kappa shape index (κ2) is 5.85. The molecule has 0 spiro atoms. The Bertz CT molecular complexity index is 196. The van der Waals surface area contributed by atoms with E-state index in [1.54, 1.807) is 18.8 Å². The molecule has 0 aromatic carbocycles. The van der Waals surface area contributed by atoms with Crippen LogP contribution in [0.5, 0.6) is 0 Å². The van der Waals surface area contributed by atoms with Gasteiger partial charge in [-0.3, -0.25) is 9.59 Å². The molecule has 0 heterocycles. The van der Waals surface area contributed by atoms with E-state index in [1.807, 2.05) is 13.2 Å². The number of hydrogen-bond donors (Lipinski definition) is 1. The van der Waals surface area contributed by atoms with Crippen molar-refractivity contribution in [2.75, 3.05) is 19.1 Å². The van der Waals surface area contributed by atoms with Crippen LogP contribution < -0.4 is 0 Å². The Morgan fingerprint density at radius 2 is 2.08 bits per heavy atom. The molecule has 0 aliphatic heterocycles. The molecule has 0 fully saturated rings. The predicted molar refractivity (Wildman–Crippen MR) is 52.9 cm³/mol. The van der Waals surface area contributed by atoms with Crippen molar-refractivity contribution in [1.82, 2.24) is 4.90 Å². The van der Waals surface area contributed by atoms with Gasteiger partial charge < -0.3 is 10.0 Å². The molecule has 0 aromatic rings. The van der Waals surface area contributed by atoms with Crippen LogP contribution in [0.4, 0.5) is 0 Å². The molecule has 0 aliphatic carbocycles. The lowest BCUT2D eigenvalue weighted by Crippen LogP contribution is -2.37. The fraction of sp³-hybridized carbons (Fsp3) is 0.750. The molecule has 4 nitrogen and oxygen atoms in total. The predicted octanol–water partition coefficient (Wildman–Crippen LogP) is 0.671. The monoisotopic (exact) mass is 205 g/mol. The van der Waals surface area contributed by atoms with Crippen molar-refractivity contribution < 1.29 is 14.7 Å². The van der Waals surface area contributed by atoms with Crippen LogP contribution in [0.15, 0.2) is 0 Å². The molecule has 76 valence electrons. The third kappa shape index (κ3) is 4.77. The van der Waals surface area contributed by atoms with Crippen LogP contribution in [0.1, 0.15) is 13.3 Å². The zero-order valence-electron chi connectivity index (χ0n) is 8.11. The standard InChI is InChI=1S/C8H15NO3S/c1-6(5-13-3)9(2)7(10)4-8(11)12/h6H,4-5H2,1-3H3,(H,11,12). The summed E-state index contributed by atoms with van der Waals surface area (Å²) in [5.74, 6) is -0.593. The second-order valence-corrected chi connectivity index (χ2v) is 3.79. The maximum atomic E-state index is 11.2. The summed E-state index contributed by atoms with van der Waals surface area (Å²) in [6.45, 7) is 1.90. The average Bonchev–Trinajstić information content (AvgIpc) is 2.02. The number of amides is 1. The van der Waals surface area contributed by atoms with Gasteiger partial charge in [0.25, 0.3) is 0 Å². The van der Waals surface area contributed by atoms with E-state index in [0.717, 1.165) is 5.75 Å². The summed E-state index contributed by atoms with van der Waals surface area (Å²) in [7, 11) is 1.63. The van der Waals surface area contributed by atoms with Gasteiger partial charge in [-0.15, -0.1) is 0 Å². The van der Waals surface area contributed by atoms with E-state index >= 15 is 0 Å². The Kier molecular flexibility index (Phi) is 5.53. The third-order valence-electron chi connectivity index (χ3n) is 1.76. The molecule has 0 bridgehead atoms. The Hall–Kier alpha value is -0.710. The molecule has 0 saturated heterocycles. The van der Waals surface area contributed by atoms with E-state index in [2.05, 4.69) is 0 Å². The van der Waals surface area contributed by atoms with Crippen LogP contribution in [0, 0.1) is 0 Å². The van der Waals surface area contributed by atoms with Crippen LogP contribution in [0.25, 0.3) is 0 Å². The molecule has 5 heteroatoms. The minimum atomic E-state index is -1.08. The summed E-state index contributed by atoms with van der Waals surface area (Å²) in [5, 5.41) is 8.39. The molecule has 0 radical (unpaired) electrons. The van der Waals surface area contributed by atoms with E-state index in [9.17, 15) is 9.59 Å². The Morgan fingerprint density at radius 3 is 2.46 bits per heavy atom. The van der Waals surface area contributed by atoms with Crippen LogP contribution in [0.2, 0.25) is 0 Å². The lowest BCUT2D eigenvalue weighted by molar-refractivity contribution is -0.144. The summed E-state index contributed by atoms with van der Waals surface area (Å²) in [4.78, 5) is 22.9. The minimum Gasteiger partial charge on any atom is -0.481 e. The molecule has 0 rings (SSSR count). The van der Waals surface area contributed by atoms with Gasteiger partial charge in [0.1, 0.15) is 6.42 Å². The SMILES string of the molecule is CSCC(C)N(C)C(=O)CC(=O)O. The highest BCUT2D eigenvalue weighted by Gasteiger charge is 2.17. The van der Waals surface area contributed by atoms with Gasteiger partial charge in [-0.25, -0.2) is 0 Å². The van der Waals surface area contributed by atoms with Crippen LogP contribution in [-0.4, -0.2) is 47.0 Å². The van der Waals surface area contributed by atoms with Gasteiger partial charge in [0, 0.05) is 18.8 Å². The van der Waals surface area contributed by atoms with Gasteiger partial charge in [0.15, 0.2) is 0 Å². The summed E-state index contributed by atoms with van der Waals surface area (Å²) < 4.78 is 0. The third-order valence-corrected chi connectivity index (χ3v) is 2.58. The van der Waals surface area contributed by atoms with E-state index in [1.165, 1.54) is 4.90 Å². The summed E-state index contributed by atoms with van der Waals surface area (Å²) in [5.41, 5.74) is 0. The second-order valence-electron chi connectivity index (χ2n) is 2.88. The number of hydrogen-bond acceptors (Lipinski definition) is 3. The first kappa shape index (κ1) is 12.3. The van der Waals surface area contributed by atoms with Crippen molar-refractivity contribution in [3.05, 3.63) is 0 Å². The molecule has 1 unspecified atom stereocenters. The topological polar surface area (TPSA) is 57.6 Å². The molecule has 1 amide bonds. The largest absolute Gasteiger partial charge is 0.481 e. The normalized spacial score (nSPS) is 12.2. The molecule has 0 aromatic heterocycles.